The number of alkyl halides is 1. The lowest BCUT2D eigenvalue weighted by Crippen LogP contribution is -2.57. The van der Waals surface area contributed by atoms with E-state index in [1.54, 1.807) is 28.0 Å². The summed E-state index contributed by atoms with van der Waals surface area (Å²) in [5, 5.41) is 12.8. The summed E-state index contributed by atoms with van der Waals surface area (Å²) in [5.74, 6) is -3.32. The first-order valence-electron chi connectivity index (χ1n) is 17.6. The number of esters is 1. The predicted molar refractivity (Wildman–Crippen MR) is 199 cm³/mol. The zero-order valence-electron chi connectivity index (χ0n) is 29.0. The Morgan fingerprint density at radius 3 is 2.57 bits per heavy atom. The molecule has 1 spiro atoms. The summed E-state index contributed by atoms with van der Waals surface area (Å²) in [6, 6.07) is 12.9. The molecule has 12 heteroatoms. The number of aryl methyl sites for hydroxylation is 1. The van der Waals surface area contributed by atoms with Gasteiger partial charge in [0.1, 0.15) is 18.2 Å². The molecule has 274 valence electrons. The third-order valence-corrected chi connectivity index (χ3v) is 11.3. The zero-order valence-corrected chi connectivity index (χ0v) is 31.3. The van der Waals surface area contributed by atoms with E-state index in [1.165, 1.54) is 0 Å². The Morgan fingerprint density at radius 1 is 1.14 bits per heavy atom. The number of carbonyl (C=O) groups is 4. The van der Waals surface area contributed by atoms with E-state index in [4.69, 9.17) is 21.1 Å². The van der Waals surface area contributed by atoms with Gasteiger partial charge in [0.15, 0.2) is 0 Å². The molecular weight excluding hydrogens is 738 g/mol. The molecule has 1 unspecified atom stereocenters. The first-order valence-corrected chi connectivity index (χ1v) is 18.9. The van der Waals surface area contributed by atoms with Crippen molar-refractivity contribution in [3.63, 3.8) is 0 Å². The van der Waals surface area contributed by atoms with Crippen molar-refractivity contribution in [2.24, 2.45) is 11.8 Å². The van der Waals surface area contributed by atoms with Crippen molar-refractivity contribution in [1.82, 2.24) is 10.2 Å². The Kier molecular flexibility index (Phi) is 13.2. The van der Waals surface area contributed by atoms with Gasteiger partial charge < -0.3 is 29.7 Å². The molecule has 2 aromatic carbocycles. The van der Waals surface area contributed by atoms with Gasteiger partial charge in [0.25, 0.3) is 5.91 Å². The number of nitrogens with zero attached hydrogens (tertiary/aromatic N) is 2. The summed E-state index contributed by atoms with van der Waals surface area (Å²) in [5.41, 5.74) is 0.775. The number of benzene rings is 2. The van der Waals surface area contributed by atoms with Crippen LogP contribution in [0.1, 0.15) is 62.1 Å². The zero-order chi connectivity index (χ0) is 36.7. The minimum Gasteiger partial charge on any atom is -0.463 e. The fourth-order valence-corrected chi connectivity index (χ4v) is 9.14. The number of aliphatic hydroxyl groups is 1. The van der Waals surface area contributed by atoms with Crippen LogP contribution in [-0.4, -0.2) is 82.6 Å². The maximum atomic E-state index is 15.0. The highest BCUT2D eigenvalue weighted by Gasteiger charge is 2.76. The summed E-state index contributed by atoms with van der Waals surface area (Å²) in [6.45, 7) is 9.83. The number of likely N-dealkylation sites (tertiary alicyclic amines) is 1. The molecule has 0 radical (unpaired) electrons. The lowest BCUT2D eigenvalue weighted by Gasteiger charge is -2.37. The molecule has 7 atom stereocenters. The molecule has 3 aliphatic heterocycles. The van der Waals surface area contributed by atoms with Crippen LogP contribution in [0.15, 0.2) is 73.8 Å². The van der Waals surface area contributed by atoms with Crippen molar-refractivity contribution in [1.29, 1.82) is 0 Å². The normalized spacial score (nSPS) is 25.3. The standard InChI is InChI=1S/C39H47BrClN3O7/c1-4-6-19-30(46)50-24-29(26-16-10-9-11-17-26)42-36(47)31-32-37(48)44(21-12-7-8-13-22-45)35(39(32)23-27(40)34(31)51-39)38(49)43(20-5-2)33-25(3)15-14-18-28(33)41/h4-5,9-11,14-18,27,29,31-32,34-35,45H,1-2,6-8,12-13,19-24H2,3H3,(H,42,47)/t27?,29-,31+,32-,34+,35+,39-/m1/s1. The molecule has 3 fully saturated rings. The number of hydrogen-bond acceptors (Lipinski definition) is 7. The molecule has 3 amide bonds. The number of halogens is 2. The predicted octanol–water partition coefficient (Wildman–Crippen LogP) is 5.84. The van der Waals surface area contributed by atoms with Crippen LogP contribution in [0.25, 0.3) is 0 Å². The maximum absolute atomic E-state index is 15.0. The van der Waals surface area contributed by atoms with Crippen molar-refractivity contribution in [2.75, 3.05) is 31.2 Å². The Hall–Kier alpha value is -3.51. The second-order valence-corrected chi connectivity index (χ2v) is 15.0. The number of rotatable bonds is 18. The van der Waals surface area contributed by atoms with E-state index >= 15 is 0 Å². The molecule has 0 saturated carbocycles. The minimum atomic E-state index is -1.28. The average Bonchev–Trinajstić information content (AvgIpc) is 3.71. The van der Waals surface area contributed by atoms with Gasteiger partial charge in [0.2, 0.25) is 11.8 Å². The van der Waals surface area contributed by atoms with Gasteiger partial charge in [-0.1, -0.05) is 95.0 Å². The molecule has 3 heterocycles. The van der Waals surface area contributed by atoms with Crippen LogP contribution in [0.3, 0.4) is 0 Å². The summed E-state index contributed by atoms with van der Waals surface area (Å²) in [7, 11) is 0. The fourth-order valence-electron chi connectivity index (χ4n) is 7.87. The number of allylic oxidation sites excluding steroid dienone is 1. The Balaban J connectivity index is 1.49. The summed E-state index contributed by atoms with van der Waals surface area (Å²) < 4.78 is 12.3. The summed E-state index contributed by atoms with van der Waals surface area (Å²) in [4.78, 5) is 59.4. The molecule has 10 nitrogen and oxygen atoms in total. The van der Waals surface area contributed by atoms with Crippen LogP contribution in [0, 0.1) is 18.8 Å². The van der Waals surface area contributed by atoms with Gasteiger partial charge in [0.05, 0.1) is 34.7 Å². The molecular formula is C39H47BrClN3O7. The van der Waals surface area contributed by atoms with Gasteiger partial charge in [-0.3, -0.25) is 19.2 Å². The number of carbonyl (C=O) groups excluding carboxylic acids is 4. The molecule has 2 aromatic rings. The number of amides is 3. The quantitative estimate of drug-likeness (QED) is 0.0844. The lowest BCUT2D eigenvalue weighted by molar-refractivity contribution is -0.145. The maximum Gasteiger partial charge on any atom is 0.306 e. The molecule has 0 aliphatic carbocycles. The number of hydrogen-bond donors (Lipinski definition) is 2. The van der Waals surface area contributed by atoms with Crippen LogP contribution >= 0.6 is 27.5 Å². The topological polar surface area (TPSA) is 125 Å². The second kappa shape index (κ2) is 17.3. The average molecular weight is 785 g/mol. The van der Waals surface area contributed by atoms with E-state index in [9.17, 15) is 24.3 Å². The van der Waals surface area contributed by atoms with Gasteiger partial charge in [-0.25, -0.2) is 0 Å². The van der Waals surface area contributed by atoms with Crippen molar-refractivity contribution >= 4 is 56.9 Å². The van der Waals surface area contributed by atoms with Crippen molar-refractivity contribution in [3.8, 4) is 0 Å². The Bertz CT molecular complexity index is 1590. The van der Waals surface area contributed by atoms with E-state index in [-0.39, 0.29) is 49.4 Å². The number of ether oxygens (including phenoxy) is 2. The van der Waals surface area contributed by atoms with Crippen molar-refractivity contribution in [3.05, 3.63) is 90.0 Å². The third kappa shape index (κ3) is 7.96. The number of unbranched alkanes of at least 4 members (excludes halogenated alkanes) is 3. The van der Waals surface area contributed by atoms with E-state index in [1.807, 2.05) is 49.4 Å². The fraction of sp³-hybridized carbons (Fsp3) is 0.487. The first-order chi connectivity index (χ1) is 24.6. The molecule has 3 saturated heterocycles. The molecule has 0 aromatic heterocycles. The highest BCUT2D eigenvalue weighted by Crippen LogP contribution is 2.60. The van der Waals surface area contributed by atoms with Crippen LogP contribution in [-0.2, 0) is 28.7 Å². The van der Waals surface area contributed by atoms with Gasteiger partial charge in [-0.15, -0.1) is 13.2 Å². The number of fused-ring (bicyclic) bond motifs is 1. The smallest absolute Gasteiger partial charge is 0.306 e. The van der Waals surface area contributed by atoms with E-state index in [0.29, 0.717) is 36.4 Å². The van der Waals surface area contributed by atoms with Gasteiger partial charge in [-0.2, -0.15) is 0 Å². The molecule has 5 rings (SSSR count). The van der Waals surface area contributed by atoms with Gasteiger partial charge in [-0.05, 0) is 49.8 Å². The highest BCUT2D eigenvalue weighted by atomic mass is 79.9. The minimum absolute atomic E-state index is 0.0826. The largest absolute Gasteiger partial charge is 0.463 e. The van der Waals surface area contributed by atoms with Crippen LogP contribution in [0.5, 0.6) is 0 Å². The van der Waals surface area contributed by atoms with Crippen LogP contribution in [0.4, 0.5) is 5.69 Å². The number of aliphatic hydroxyl groups excluding tert-OH is 1. The molecule has 2 bridgehead atoms. The molecule has 2 N–H and O–H groups in total. The monoisotopic (exact) mass is 783 g/mol. The third-order valence-electron chi connectivity index (χ3n) is 10.2. The van der Waals surface area contributed by atoms with E-state index in [2.05, 4.69) is 34.4 Å². The SMILES string of the molecule is C=CCCC(=O)OC[C@@H](NC(=O)[C@@H]1[C@H]2O[C@@]3(CC2Br)[C@H](C(=O)N(CC=C)c2c(C)cccc2Cl)N(CCCCCCO)C(=O)[C@@H]13)c1ccccc1. The Morgan fingerprint density at radius 2 is 1.88 bits per heavy atom. The van der Waals surface area contributed by atoms with Crippen LogP contribution < -0.4 is 10.2 Å². The van der Waals surface area contributed by atoms with Crippen LogP contribution in [0.2, 0.25) is 5.02 Å². The Labute approximate surface area is 313 Å². The highest BCUT2D eigenvalue weighted by molar-refractivity contribution is 9.09. The molecule has 51 heavy (non-hydrogen) atoms. The van der Waals surface area contributed by atoms with Gasteiger partial charge in [0, 0.05) is 30.9 Å². The van der Waals surface area contributed by atoms with Gasteiger partial charge >= 0.3 is 5.97 Å². The lowest BCUT2D eigenvalue weighted by atomic mass is 9.70. The summed E-state index contributed by atoms with van der Waals surface area (Å²) >= 11 is 10.5. The molecule has 3 aliphatic rings. The van der Waals surface area contributed by atoms with E-state index < -0.39 is 47.5 Å². The number of nitrogens with one attached hydrogen (secondary N) is 1. The number of para-hydroxylation sites is 1. The van der Waals surface area contributed by atoms with Crippen molar-refractivity contribution < 1.29 is 33.8 Å². The van der Waals surface area contributed by atoms with E-state index in [0.717, 1.165) is 24.0 Å². The second-order valence-electron chi connectivity index (χ2n) is 13.5. The summed E-state index contributed by atoms with van der Waals surface area (Å²) in [6.07, 6.45) is 6.35. The first kappa shape index (κ1) is 38.7. The number of anilines is 1. The van der Waals surface area contributed by atoms with Crippen molar-refractivity contribution in [2.45, 2.75) is 80.5 Å².